The summed E-state index contributed by atoms with van der Waals surface area (Å²) in [6, 6.07) is 1.93. The van der Waals surface area contributed by atoms with Gasteiger partial charge >= 0.3 is 5.97 Å². The summed E-state index contributed by atoms with van der Waals surface area (Å²) in [6.07, 6.45) is 3.56. The molecule has 0 aromatic carbocycles. The first kappa shape index (κ1) is 15.0. The predicted octanol–water partition coefficient (Wildman–Crippen LogP) is 1.21. The van der Waals surface area contributed by atoms with Crippen LogP contribution in [-0.4, -0.2) is 50.1 Å². The van der Waals surface area contributed by atoms with Crippen LogP contribution in [0.15, 0.2) is 16.3 Å². The maximum Gasteiger partial charge on any atom is 0.345 e. The SMILES string of the molecule is O=C(O)c1cc(S(=O)(=O)NCC2CCN(C3CC3)C2)cs1. The number of likely N-dealkylation sites (tertiary alicyclic amines) is 1. The van der Waals surface area contributed by atoms with Gasteiger partial charge in [-0.2, -0.15) is 0 Å². The van der Waals surface area contributed by atoms with Crippen LogP contribution in [-0.2, 0) is 10.0 Å². The predicted molar refractivity (Wildman–Crippen MR) is 79.2 cm³/mol. The average molecular weight is 330 g/mol. The number of hydrogen-bond donors (Lipinski definition) is 2. The second kappa shape index (κ2) is 5.68. The Labute approximate surface area is 127 Å². The summed E-state index contributed by atoms with van der Waals surface area (Å²) in [5, 5.41) is 10.2. The number of carboxylic acid groups (broad SMARTS) is 1. The Morgan fingerprint density at radius 3 is 2.81 bits per heavy atom. The molecule has 21 heavy (non-hydrogen) atoms. The fourth-order valence-electron chi connectivity index (χ4n) is 2.68. The zero-order chi connectivity index (χ0) is 15.0. The van der Waals surface area contributed by atoms with Gasteiger partial charge in [0.2, 0.25) is 10.0 Å². The van der Waals surface area contributed by atoms with Gasteiger partial charge < -0.3 is 10.0 Å². The lowest BCUT2D eigenvalue weighted by atomic mass is 10.1. The number of carbonyl (C=O) groups is 1. The molecule has 2 aliphatic rings. The van der Waals surface area contributed by atoms with Crippen LogP contribution in [0.2, 0.25) is 0 Å². The molecular formula is C13H18N2O4S2. The Morgan fingerprint density at radius 2 is 2.19 bits per heavy atom. The second-order valence-corrected chi connectivity index (χ2v) is 8.36. The number of hydrogen-bond acceptors (Lipinski definition) is 5. The van der Waals surface area contributed by atoms with Crippen molar-refractivity contribution in [1.29, 1.82) is 0 Å². The van der Waals surface area contributed by atoms with Gasteiger partial charge in [-0.05, 0) is 37.8 Å². The Kier molecular flexibility index (Phi) is 4.04. The topological polar surface area (TPSA) is 86.7 Å². The van der Waals surface area contributed by atoms with Crippen molar-refractivity contribution in [3.05, 3.63) is 16.3 Å². The summed E-state index contributed by atoms with van der Waals surface area (Å²) in [5.74, 6) is -0.754. The number of nitrogens with one attached hydrogen (secondary N) is 1. The van der Waals surface area contributed by atoms with Gasteiger partial charge in [0, 0.05) is 24.5 Å². The molecule has 1 saturated carbocycles. The molecule has 1 saturated heterocycles. The smallest absolute Gasteiger partial charge is 0.345 e. The van der Waals surface area contributed by atoms with Crippen molar-refractivity contribution in [2.45, 2.75) is 30.2 Å². The van der Waals surface area contributed by atoms with E-state index in [9.17, 15) is 13.2 Å². The molecule has 1 aliphatic carbocycles. The van der Waals surface area contributed by atoms with Crippen LogP contribution in [0.5, 0.6) is 0 Å². The molecule has 1 atom stereocenters. The van der Waals surface area contributed by atoms with Crippen molar-refractivity contribution in [1.82, 2.24) is 9.62 Å². The first-order chi connectivity index (χ1) is 9.95. The fraction of sp³-hybridized carbons (Fsp3) is 0.615. The van der Waals surface area contributed by atoms with E-state index < -0.39 is 16.0 Å². The minimum absolute atomic E-state index is 0.0381. The first-order valence-corrected chi connectivity index (χ1v) is 9.37. The zero-order valence-electron chi connectivity index (χ0n) is 11.5. The normalized spacial score (nSPS) is 23.5. The maximum absolute atomic E-state index is 12.1. The third-order valence-electron chi connectivity index (χ3n) is 4.04. The van der Waals surface area contributed by atoms with Gasteiger partial charge in [0.05, 0.1) is 4.90 Å². The lowest BCUT2D eigenvalue weighted by molar-refractivity contribution is 0.0702. The van der Waals surface area contributed by atoms with Crippen LogP contribution in [0.25, 0.3) is 0 Å². The van der Waals surface area contributed by atoms with E-state index in [2.05, 4.69) is 9.62 Å². The monoisotopic (exact) mass is 330 g/mol. The summed E-state index contributed by atoms with van der Waals surface area (Å²) in [7, 11) is -3.60. The van der Waals surface area contributed by atoms with Crippen LogP contribution in [0, 0.1) is 5.92 Å². The molecule has 0 radical (unpaired) electrons. The van der Waals surface area contributed by atoms with E-state index in [-0.39, 0.29) is 9.77 Å². The van der Waals surface area contributed by atoms with Crippen LogP contribution < -0.4 is 4.72 Å². The van der Waals surface area contributed by atoms with E-state index in [1.165, 1.54) is 24.3 Å². The van der Waals surface area contributed by atoms with Crippen LogP contribution in [0.4, 0.5) is 0 Å². The van der Waals surface area contributed by atoms with Crippen molar-refractivity contribution < 1.29 is 18.3 Å². The van der Waals surface area contributed by atoms with Crippen LogP contribution >= 0.6 is 11.3 Å². The Hall–Kier alpha value is -0.960. The summed E-state index contributed by atoms with van der Waals surface area (Å²) in [5.41, 5.74) is 0. The van der Waals surface area contributed by atoms with E-state index in [1.54, 1.807) is 0 Å². The van der Waals surface area contributed by atoms with E-state index in [1.807, 2.05) is 0 Å². The van der Waals surface area contributed by atoms with Crippen molar-refractivity contribution in [2.24, 2.45) is 5.92 Å². The molecule has 2 heterocycles. The van der Waals surface area contributed by atoms with Gasteiger partial charge in [0.25, 0.3) is 0 Å². The molecule has 1 aliphatic heterocycles. The number of aromatic carboxylic acids is 1. The standard InChI is InChI=1S/C13H18N2O4S2/c16-13(17)12-5-11(8-20-12)21(18,19)14-6-9-3-4-15(7-9)10-1-2-10/h5,8-10,14H,1-4,6-7H2,(H,16,17). The molecule has 3 rings (SSSR count). The van der Waals surface area contributed by atoms with E-state index in [4.69, 9.17) is 5.11 Å². The van der Waals surface area contributed by atoms with Gasteiger partial charge in [0.15, 0.2) is 0 Å². The summed E-state index contributed by atoms with van der Waals surface area (Å²) < 4.78 is 26.9. The van der Waals surface area contributed by atoms with Crippen molar-refractivity contribution in [3.63, 3.8) is 0 Å². The molecule has 6 nitrogen and oxygen atoms in total. The Morgan fingerprint density at radius 1 is 1.43 bits per heavy atom. The number of nitrogens with zero attached hydrogens (tertiary/aromatic N) is 1. The quantitative estimate of drug-likeness (QED) is 0.819. The van der Waals surface area contributed by atoms with Crippen molar-refractivity contribution in [2.75, 3.05) is 19.6 Å². The molecule has 0 amide bonds. The third kappa shape index (κ3) is 3.45. The average Bonchev–Trinajstić information content (AvgIpc) is 2.98. The molecule has 116 valence electrons. The largest absolute Gasteiger partial charge is 0.477 e. The van der Waals surface area contributed by atoms with Crippen molar-refractivity contribution >= 4 is 27.3 Å². The molecule has 1 aromatic heterocycles. The summed E-state index contributed by atoms with van der Waals surface area (Å²) in [4.78, 5) is 13.3. The van der Waals surface area contributed by atoms with Gasteiger partial charge in [-0.1, -0.05) is 0 Å². The maximum atomic E-state index is 12.1. The van der Waals surface area contributed by atoms with Gasteiger partial charge in [-0.15, -0.1) is 11.3 Å². The second-order valence-electron chi connectivity index (χ2n) is 5.68. The van der Waals surface area contributed by atoms with Gasteiger partial charge in [0.1, 0.15) is 4.88 Å². The van der Waals surface area contributed by atoms with Crippen molar-refractivity contribution in [3.8, 4) is 0 Å². The lowest BCUT2D eigenvalue weighted by Gasteiger charge is -2.15. The van der Waals surface area contributed by atoms with E-state index in [0.717, 1.165) is 36.9 Å². The third-order valence-corrected chi connectivity index (χ3v) is 6.51. The van der Waals surface area contributed by atoms with Crippen LogP contribution in [0.1, 0.15) is 28.9 Å². The van der Waals surface area contributed by atoms with E-state index >= 15 is 0 Å². The first-order valence-electron chi connectivity index (χ1n) is 7.01. The van der Waals surface area contributed by atoms with Gasteiger partial charge in [-0.3, -0.25) is 0 Å². The molecule has 0 spiro atoms. The number of thiophene rings is 1. The lowest BCUT2D eigenvalue weighted by Crippen LogP contribution is -2.31. The van der Waals surface area contributed by atoms with Crippen LogP contribution in [0.3, 0.4) is 0 Å². The highest BCUT2D eigenvalue weighted by molar-refractivity contribution is 7.89. The highest BCUT2D eigenvalue weighted by atomic mass is 32.2. The molecule has 1 aromatic rings. The summed E-state index contributed by atoms with van der Waals surface area (Å²) >= 11 is 0.928. The molecule has 8 heteroatoms. The highest BCUT2D eigenvalue weighted by Gasteiger charge is 2.34. The number of carboxylic acids is 1. The zero-order valence-corrected chi connectivity index (χ0v) is 13.1. The minimum Gasteiger partial charge on any atom is -0.477 e. The Bertz CT molecular complexity index is 636. The number of sulfonamides is 1. The number of rotatable bonds is 6. The molecule has 2 fully saturated rings. The molecule has 1 unspecified atom stereocenters. The minimum atomic E-state index is -3.60. The van der Waals surface area contributed by atoms with Gasteiger partial charge in [-0.25, -0.2) is 17.9 Å². The molecular weight excluding hydrogens is 312 g/mol. The molecule has 2 N–H and O–H groups in total. The molecule has 0 bridgehead atoms. The highest BCUT2D eigenvalue weighted by Crippen LogP contribution is 2.31. The summed E-state index contributed by atoms with van der Waals surface area (Å²) in [6.45, 7) is 2.43. The van der Waals surface area contributed by atoms with E-state index in [0.29, 0.717) is 12.5 Å². The Balaban J connectivity index is 1.57. The fourth-order valence-corrected chi connectivity index (χ4v) is 4.91.